The minimum atomic E-state index is 0.575. The average molecular weight is 216 g/mol. The first kappa shape index (κ1) is 9.73. The minimum absolute atomic E-state index is 0.575. The van der Waals surface area contributed by atoms with E-state index in [1.165, 1.54) is 22.2 Å². The lowest BCUT2D eigenvalue weighted by molar-refractivity contribution is 0.415. The van der Waals surface area contributed by atoms with Gasteiger partial charge in [-0.15, -0.1) is 0 Å². The monoisotopic (exact) mass is 216 g/mol. The maximum atomic E-state index is 5.25. The number of methoxy groups -OCH3 is 1. The molecule has 1 unspecified atom stereocenters. The number of H-pyrrole nitrogens is 1. The molecule has 16 heavy (non-hydrogen) atoms. The number of ether oxygens (including phenoxy) is 1. The van der Waals surface area contributed by atoms with Crippen molar-refractivity contribution < 1.29 is 4.74 Å². The molecule has 1 aliphatic rings. The molecular weight excluding hydrogens is 200 g/mol. The number of rotatable bonds is 1. The third-order valence-corrected chi connectivity index (χ3v) is 3.37. The zero-order valence-electron chi connectivity index (χ0n) is 9.63. The Kier molecular flexibility index (Phi) is 2.14. The van der Waals surface area contributed by atoms with Crippen LogP contribution in [-0.4, -0.2) is 18.6 Å². The third kappa shape index (κ3) is 1.32. The van der Waals surface area contributed by atoms with Crippen LogP contribution in [0.4, 0.5) is 0 Å². The summed E-state index contributed by atoms with van der Waals surface area (Å²) in [6.07, 6.45) is 0. The molecule has 1 aromatic heterocycles. The molecule has 0 saturated carbocycles. The number of aromatic nitrogens is 1. The molecule has 2 N–H and O–H groups in total. The van der Waals surface area contributed by atoms with Gasteiger partial charge in [0.1, 0.15) is 5.75 Å². The molecule has 2 aromatic rings. The van der Waals surface area contributed by atoms with Crippen LogP contribution >= 0.6 is 0 Å². The number of benzene rings is 1. The zero-order chi connectivity index (χ0) is 11.1. The highest BCUT2D eigenvalue weighted by Gasteiger charge is 2.20. The average Bonchev–Trinajstić information content (AvgIpc) is 2.67. The van der Waals surface area contributed by atoms with Gasteiger partial charge in [0.05, 0.1) is 7.11 Å². The van der Waals surface area contributed by atoms with Crippen molar-refractivity contribution in [3.63, 3.8) is 0 Å². The molecule has 2 heterocycles. The van der Waals surface area contributed by atoms with Crippen LogP contribution in [0, 0.1) is 0 Å². The molecule has 3 heteroatoms. The van der Waals surface area contributed by atoms with Gasteiger partial charge in [0.25, 0.3) is 0 Å². The number of hydrogen-bond acceptors (Lipinski definition) is 2. The fraction of sp³-hybridized carbons (Fsp3) is 0.385. The van der Waals surface area contributed by atoms with E-state index in [9.17, 15) is 0 Å². The molecule has 3 rings (SSSR count). The lowest BCUT2D eigenvalue weighted by Crippen LogP contribution is -2.26. The summed E-state index contributed by atoms with van der Waals surface area (Å²) in [5.74, 6) is 1.48. The van der Waals surface area contributed by atoms with Crippen LogP contribution in [0.3, 0.4) is 0 Å². The quantitative estimate of drug-likeness (QED) is 0.768. The fourth-order valence-electron chi connectivity index (χ4n) is 2.60. The highest BCUT2D eigenvalue weighted by atomic mass is 16.5. The number of hydrogen-bond donors (Lipinski definition) is 2. The molecule has 0 aliphatic carbocycles. The lowest BCUT2D eigenvalue weighted by atomic mass is 9.95. The van der Waals surface area contributed by atoms with Gasteiger partial charge in [0.15, 0.2) is 0 Å². The predicted octanol–water partition coefficient (Wildman–Crippen LogP) is 2.38. The van der Waals surface area contributed by atoms with E-state index in [1.807, 2.05) is 6.07 Å². The van der Waals surface area contributed by atoms with E-state index in [2.05, 4.69) is 29.4 Å². The highest BCUT2D eigenvalue weighted by molar-refractivity contribution is 5.86. The van der Waals surface area contributed by atoms with Gasteiger partial charge >= 0.3 is 0 Å². The standard InChI is InChI=1S/C13H16N2O/c1-8-6-14-7-12-13(8)10-4-3-9(16-2)5-11(10)15-12/h3-5,8,14-15H,6-7H2,1-2H3. The number of aromatic amines is 1. The largest absolute Gasteiger partial charge is 0.497 e. The van der Waals surface area contributed by atoms with E-state index in [4.69, 9.17) is 4.74 Å². The molecule has 1 aromatic carbocycles. The summed E-state index contributed by atoms with van der Waals surface area (Å²) in [5.41, 5.74) is 3.97. The summed E-state index contributed by atoms with van der Waals surface area (Å²) < 4.78 is 5.25. The Balaban J connectivity index is 2.24. The fourth-order valence-corrected chi connectivity index (χ4v) is 2.60. The molecular formula is C13H16N2O. The lowest BCUT2D eigenvalue weighted by Gasteiger charge is -2.20. The van der Waals surface area contributed by atoms with E-state index < -0.39 is 0 Å². The van der Waals surface area contributed by atoms with Crippen molar-refractivity contribution in [2.75, 3.05) is 13.7 Å². The molecule has 0 amide bonds. The molecule has 0 saturated heterocycles. The van der Waals surface area contributed by atoms with Crippen molar-refractivity contribution in [1.29, 1.82) is 0 Å². The first-order chi connectivity index (χ1) is 7.79. The van der Waals surface area contributed by atoms with Crippen LogP contribution in [0.2, 0.25) is 0 Å². The Morgan fingerprint density at radius 3 is 3.06 bits per heavy atom. The van der Waals surface area contributed by atoms with E-state index in [0.29, 0.717) is 5.92 Å². The predicted molar refractivity (Wildman–Crippen MR) is 65.0 cm³/mol. The Labute approximate surface area is 94.8 Å². The maximum absolute atomic E-state index is 5.25. The molecule has 0 bridgehead atoms. The van der Waals surface area contributed by atoms with Gasteiger partial charge < -0.3 is 15.0 Å². The first-order valence-electron chi connectivity index (χ1n) is 5.69. The van der Waals surface area contributed by atoms with Gasteiger partial charge in [-0.25, -0.2) is 0 Å². The molecule has 1 atom stereocenters. The van der Waals surface area contributed by atoms with Crippen LogP contribution < -0.4 is 10.1 Å². The van der Waals surface area contributed by atoms with Crippen LogP contribution in [-0.2, 0) is 6.54 Å². The Hall–Kier alpha value is -1.48. The Bertz CT molecular complexity index is 530. The van der Waals surface area contributed by atoms with Gasteiger partial charge in [-0.3, -0.25) is 0 Å². The summed E-state index contributed by atoms with van der Waals surface area (Å²) in [5, 5.41) is 4.76. The number of nitrogens with one attached hydrogen (secondary N) is 2. The second-order valence-electron chi connectivity index (χ2n) is 4.46. The van der Waals surface area contributed by atoms with Crippen LogP contribution in [0.15, 0.2) is 18.2 Å². The topological polar surface area (TPSA) is 37.0 Å². The van der Waals surface area contributed by atoms with E-state index in [-0.39, 0.29) is 0 Å². The van der Waals surface area contributed by atoms with Gasteiger partial charge in [-0.2, -0.15) is 0 Å². The SMILES string of the molecule is COc1ccc2c3c([nH]c2c1)CNCC3C. The Morgan fingerprint density at radius 1 is 1.38 bits per heavy atom. The smallest absolute Gasteiger partial charge is 0.120 e. The van der Waals surface area contributed by atoms with Crippen LogP contribution in [0.25, 0.3) is 10.9 Å². The molecule has 3 nitrogen and oxygen atoms in total. The summed E-state index contributed by atoms with van der Waals surface area (Å²) >= 11 is 0. The van der Waals surface area contributed by atoms with E-state index in [1.54, 1.807) is 7.11 Å². The Morgan fingerprint density at radius 2 is 2.25 bits per heavy atom. The second kappa shape index (κ2) is 3.52. The molecule has 0 fully saturated rings. The van der Waals surface area contributed by atoms with Gasteiger partial charge in [-0.1, -0.05) is 6.92 Å². The van der Waals surface area contributed by atoms with Crippen molar-refractivity contribution in [3.8, 4) is 5.75 Å². The minimum Gasteiger partial charge on any atom is -0.497 e. The molecule has 84 valence electrons. The summed E-state index contributed by atoms with van der Waals surface area (Å²) in [4.78, 5) is 3.48. The normalized spacial score (nSPS) is 19.8. The summed E-state index contributed by atoms with van der Waals surface area (Å²) in [7, 11) is 1.70. The molecule has 1 aliphatic heterocycles. The van der Waals surface area contributed by atoms with Crippen molar-refractivity contribution in [1.82, 2.24) is 10.3 Å². The van der Waals surface area contributed by atoms with Crippen molar-refractivity contribution in [2.45, 2.75) is 19.4 Å². The van der Waals surface area contributed by atoms with Crippen molar-refractivity contribution in [2.24, 2.45) is 0 Å². The number of fused-ring (bicyclic) bond motifs is 3. The van der Waals surface area contributed by atoms with Crippen LogP contribution in [0.1, 0.15) is 24.1 Å². The van der Waals surface area contributed by atoms with Gasteiger partial charge in [-0.05, 0) is 23.6 Å². The first-order valence-corrected chi connectivity index (χ1v) is 5.69. The summed E-state index contributed by atoms with van der Waals surface area (Å²) in [6.45, 7) is 4.27. The summed E-state index contributed by atoms with van der Waals surface area (Å²) in [6, 6.07) is 6.26. The highest BCUT2D eigenvalue weighted by Crippen LogP contribution is 2.33. The van der Waals surface area contributed by atoms with Crippen molar-refractivity contribution >= 4 is 10.9 Å². The van der Waals surface area contributed by atoms with E-state index in [0.717, 1.165) is 18.8 Å². The molecule has 0 radical (unpaired) electrons. The van der Waals surface area contributed by atoms with Gasteiger partial charge in [0.2, 0.25) is 0 Å². The van der Waals surface area contributed by atoms with Gasteiger partial charge in [0, 0.05) is 35.8 Å². The zero-order valence-corrected chi connectivity index (χ0v) is 9.63. The van der Waals surface area contributed by atoms with E-state index >= 15 is 0 Å². The van der Waals surface area contributed by atoms with Crippen LogP contribution in [0.5, 0.6) is 5.75 Å². The second-order valence-corrected chi connectivity index (χ2v) is 4.46. The third-order valence-electron chi connectivity index (χ3n) is 3.37. The maximum Gasteiger partial charge on any atom is 0.120 e. The molecule has 0 spiro atoms. The van der Waals surface area contributed by atoms with Crippen molar-refractivity contribution in [3.05, 3.63) is 29.5 Å².